The van der Waals surface area contributed by atoms with Crippen LogP contribution < -0.4 is 10.3 Å². The summed E-state index contributed by atoms with van der Waals surface area (Å²) in [6.45, 7) is 1.70. The molecule has 0 atom stereocenters. The van der Waals surface area contributed by atoms with Gasteiger partial charge in [0.2, 0.25) is 5.78 Å². The first-order valence-corrected chi connectivity index (χ1v) is 5.49. The van der Waals surface area contributed by atoms with Gasteiger partial charge in [0, 0.05) is 12.7 Å². The third kappa shape index (κ3) is 1.84. The number of benzene rings is 1. The highest BCUT2D eigenvalue weighted by Crippen LogP contribution is 2.20. The molecule has 0 aliphatic heterocycles. The Balaban J connectivity index is 2.58. The molecule has 18 heavy (non-hydrogen) atoms. The van der Waals surface area contributed by atoms with Gasteiger partial charge < -0.3 is 4.74 Å². The molecule has 0 aliphatic carbocycles. The molecule has 1 N–H and O–H groups in total. The molecule has 5 heteroatoms. The van der Waals surface area contributed by atoms with Crippen LogP contribution in [0.25, 0.3) is 0 Å². The molecule has 2 aromatic rings. The molecule has 0 bridgehead atoms. The lowest BCUT2D eigenvalue weighted by atomic mass is 10.0. The fourth-order valence-electron chi connectivity index (χ4n) is 1.92. The first-order valence-electron chi connectivity index (χ1n) is 5.49. The summed E-state index contributed by atoms with van der Waals surface area (Å²) in [6, 6.07) is 6.85. The van der Waals surface area contributed by atoms with Crippen molar-refractivity contribution in [2.75, 3.05) is 7.11 Å². The van der Waals surface area contributed by atoms with E-state index >= 15 is 0 Å². The van der Waals surface area contributed by atoms with Gasteiger partial charge >= 0.3 is 0 Å². The number of para-hydroxylation sites is 1. The zero-order valence-electron chi connectivity index (χ0n) is 10.5. The smallest absolute Gasteiger partial charge is 0.277 e. The maximum atomic E-state index is 12.4. The maximum Gasteiger partial charge on any atom is 0.277 e. The van der Waals surface area contributed by atoms with Crippen LogP contribution in [0.15, 0.2) is 29.1 Å². The Kier molecular flexibility index (Phi) is 3.06. The molecule has 1 aromatic carbocycles. The van der Waals surface area contributed by atoms with Crippen molar-refractivity contribution in [1.82, 2.24) is 9.78 Å². The van der Waals surface area contributed by atoms with Crippen LogP contribution in [-0.4, -0.2) is 22.7 Å². The number of nitrogens with one attached hydrogen (secondary N) is 1. The Morgan fingerprint density at radius 3 is 2.56 bits per heavy atom. The average molecular weight is 246 g/mol. The molecule has 5 nitrogen and oxygen atoms in total. The number of ketones is 1. The molecular formula is C13H14N2O3. The molecule has 0 spiro atoms. The SMILES string of the molecule is COc1ccccc1C(=O)c1c(C)[nH]n(C)c1=O. The summed E-state index contributed by atoms with van der Waals surface area (Å²) < 4.78 is 6.42. The second-order valence-corrected chi connectivity index (χ2v) is 4.01. The molecule has 0 fully saturated rings. The highest BCUT2D eigenvalue weighted by Gasteiger charge is 2.21. The van der Waals surface area contributed by atoms with E-state index in [1.807, 2.05) is 0 Å². The third-order valence-electron chi connectivity index (χ3n) is 2.81. The first kappa shape index (κ1) is 12.2. The van der Waals surface area contributed by atoms with Crippen LogP contribution in [0, 0.1) is 6.92 Å². The lowest BCUT2D eigenvalue weighted by Gasteiger charge is -2.05. The predicted octanol–water partition coefficient (Wildman–Crippen LogP) is 1.26. The molecule has 94 valence electrons. The van der Waals surface area contributed by atoms with Crippen LogP contribution in [0.1, 0.15) is 21.6 Å². The van der Waals surface area contributed by atoms with Gasteiger partial charge in [0.05, 0.1) is 12.7 Å². The summed E-state index contributed by atoms with van der Waals surface area (Å²) in [7, 11) is 3.07. The Morgan fingerprint density at radius 1 is 1.33 bits per heavy atom. The number of carbonyl (C=O) groups excluding carboxylic acids is 1. The number of carbonyl (C=O) groups is 1. The maximum absolute atomic E-state index is 12.4. The second-order valence-electron chi connectivity index (χ2n) is 4.01. The Hall–Kier alpha value is -2.30. The van der Waals surface area contributed by atoms with Gasteiger partial charge in [-0.3, -0.25) is 19.4 Å². The second kappa shape index (κ2) is 4.52. The molecule has 0 radical (unpaired) electrons. The summed E-state index contributed by atoms with van der Waals surface area (Å²) in [5.41, 5.74) is 0.767. The monoisotopic (exact) mass is 246 g/mol. The zero-order valence-corrected chi connectivity index (χ0v) is 10.5. The van der Waals surface area contributed by atoms with Gasteiger partial charge in [-0.15, -0.1) is 0 Å². The number of methoxy groups -OCH3 is 1. The van der Waals surface area contributed by atoms with Crippen LogP contribution in [0.3, 0.4) is 0 Å². The van der Waals surface area contributed by atoms with Crippen molar-refractivity contribution in [2.24, 2.45) is 7.05 Å². The molecule has 1 aromatic heterocycles. The highest BCUT2D eigenvalue weighted by molar-refractivity contribution is 6.11. The largest absolute Gasteiger partial charge is 0.496 e. The lowest BCUT2D eigenvalue weighted by Crippen LogP contribution is -2.19. The first-order chi connectivity index (χ1) is 8.56. The molecule has 1 heterocycles. The summed E-state index contributed by atoms with van der Waals surface area (Å²) in [4.78, 5) is 24.2. The molecular weight excluding hydrogens is 232 g/mol. The Morgan fingerprint density at radius 2 is 2.00 bits per heavy atom. The van der Waals surface area contributed by atoms with Crippen LogP contribution >= 0.6 is 0 Å². The number of aromatic nitrogens is 2. The van der Waals surface area contributed by atoms with E-state index in [9.17, 15) is 9.59 Å². The summed E-state index contributed by atoms with van der Waals surface area (Å²) in [5, 5.41) is 2.81. The van der Waals surface area contributed by atoms with E-state index in [-0.39, 0.29) is 16.9 Å². The minimum atomic E-state index is -0.330. The van der Waals surface area contributed by atoms with E-state index in [1.54, 1.807) is 38.2 Å². The molecule has 0 saturated carbocycles. The summed E-state index contributed by atoms with van der Waals surface area (Å²) in [5.74, 6) is 0.136. The Bertz CT molecular complexity index is 652. The molecule has 2 rings (SSSR count). The number of aryl methyl sites for hydroxylation is 2. The van der Waals surface area contributed by atoms with Gasteiger partial charge in [-0.1, -0.05) is 12.1 Å². The normalized spacial score (nSPS) is 10.4. The molecule has 0 unspecified atom stereocenters. The van der Waals surface area contributed by atoms with Crippen LogP contribution in [0.4, 0.5) is 0 Å². The molecule has 0 amide bonds. The summed E-state index contributed by atoms with van der Waals surface area (Å²) >= 11 is 0. The number of hydrogen-bond donors (Lipinski definition) is 1. The minimum Gasteiger partial charge on any atom is -0.496 e. The fourth-order valence-corrected chi connectivity index (χ4v) is 1.92. The van der Waals surface area contributed by atoms with E-state index in [2.05, 4.69) is 5.10 Å². The minimum absolute atomic E-state index is 0.155. The van der Waals surface area contributed by atoms with Crippen LogP contribution in [0.2, 0.25) is 0 Å². The van der Waals surface area contributed by atoms with E-state index in [4.69, 9.17) is 4.74 Å². The van der Waals surface area contributed by atoms with Gasteiger partial charge in [-0.05, 0) is 19.1 Å². The van der Waals surface area contributed by atoms with Crippen LogP contribution in [-0.2, 0) is 7.05 Å². The number of nitrogens with zero attached hydrogens (tertiary/aromatic N) is 1. The van der Waals surface area contributed by atoms with Crippen molar-refractivity contribution in [3.8, 4) is 5.75 Å². The highest BCUT2D eigenvalue weighted by atomic mass is 16.5. The van der Waals surface area contributed by atoms with Gasteiger partial charge in [-0.25, -0.2) is 0 Å². The molecule has 0 saturated heterocycles. The number of ether oxygens (including phenoxy) is 1. The average Bonchev–Trinajstić information content (AvgIpc) is 2.62. The quantitative estimate of drug-likeness (QED) is 0.829. The van der Waals surface area contributed by atoms with Gasteiger partial charge in [-0.2, -0.15) is 0 Å². The summed E-state index contributed by atoms with van der Waals surface area (Å²) in [6.07, 6.45) is 0. The number of aromatic amines is 1. The van der Waals surface area contributed by atoms with E-state index in [0.717, 1.165) is 0 Å². The van der Waals surface area contributed by atoms with Gasteiger partial charge in [0.1, 0.15) is 11.3 Å². The van der Waals surface area contributed by atoms with E-state index < -0.39 is 0 Å². The van der Waals surface area contributed by atoms with Crippen LogP contribution in [0.5, 0.6) is 5.75 Å². The zero-order chi connectivity index (χ0) is 13.3. The van der Waals surface area contributed by atoms with Gasteiger partial charge in [0.15, 0.2) is 0 Å². The molecule has 0 aliphatic rings. The number of rotatable bonds is 3. The van der Waals surface area contributed by atoms with E-state index in [1.165, 1.54) is 11.8 Å². The van der Waals surface area contributed by atoms with Crippen molar-refractivity contribution >= 4 is 5.78 Å². The fraction of sp³-hybridized carbons (Fsp3) is 0.231. The van der Waals surface area contributed by atoms with Crippen molar-refractivity contribution in [1.29, 1.82) is 0 Å². The Labute approximate surface area is 104 Å². The van der Waals surface area contributed by atoms with Crippen molar-refractivity contribution in [3.05, 3.63) is 51.4 Å². The van der Waals surface area contributed by atoms with Crippen molar-refractivity contribution in [2.45, 2.75) is 6.92 Å². The van der Waals surface area contributed by atoms with Gasteiger partial charge in [0.25, 0.3) is 5.56 Å². The topological polar surface area (TPSA) is 64.1 Å². The predicted molar refractivity (Wildman–Crippen MR) is 67.2 cm³/mol. The lowest BCUT2D eigenvalue weighted by molar-refractivity contribution is 0.103. The third-order valence-corrected chi connectivity index (χ3v) is 2.81. The number of H-pyrrole nitrogens is 1. The van der Waals surface area contributed by atoms with E-state index in [0.29, 0.717) is 17.0 Å². The van der Waals surface area contributed by atoms with Crippen molar-refractivity contribution in [3.63, 3.8) is 0 Å². The number of hydrogen-bond acceptors (Lipinski definition) is 3. The standard InChI is InChI=1S/C13H14N2O3/c1-8-11(13(17)15(2)14-8)12(16)9-6-4-5-7-10(9)18-3/h4-7,14H,1-3H3. The van der Waals surface area contributed by atoms with Crippen molar-refractivity contribution < 1.29 is 9.53 Å².